The molecule has 0 unspecified atom stereocenters. The van der Waals surface area contributed by atoms with E-state index in [2.05, 4.69) is 46.9 Å². The number of nitro groups is 3. The number of aromatic nitrogens is 4. The highest BCUT2D eigenvalue weighted by molar-refractivity contribution is 6.20. The van der Waals surface area contributed by atoms with E-state index in [4.69, 9.17) is 67.5 Å². The number of allylic oxidation sites excluding steroid dienone is 2. The molecule has 2 heterocycles. The van der Waals surface area contributed by atoms with Gasteiger partial charge in [0.15, 0.2) is 18.4 Å². The number of primary amides is 1. The summed E-state index contributed by atoms with van der Waals surface area (Å²) in [7, 11) is 14.3. The van der Waals surface area contributed by atoms with Crippen LogP contribution in [0, 0.1) is 40.5 Å². The van der Waals surface area contributed by atoms with Crippen LogP contribution in [0.1, 0.15) is 65.0 Å². The molecule has 41 nitrogen and oxygen atoms in total. The lowest BCUT2D eigenvalue weighted by Gasteiger charge is -2.19. The Bertz CT molecular complexity index is 3810. The third-order valence-corrected chi connectivity index (χ3v) is 12.1. The number of aldehydes is 2. The molecule has 0 fully saturated rings. The molecule has 532 valence electrons. The summed E-state index contributed by atoms with van der Waals surface area (Å²) in [6.45, 7) is 0. The molecule has 7 aromatic rings. The fourth-order valence-electron chi connectivity index (χ4n) is 7.79. The maximum Gasteiger partial charge on any atom is 0.291 e. The van der Waals surface area contributed by atoms with Gasteiger partial charge in [-0.1, -0.05) is 0 Å². The quantitative estimate of drug-likeness (QED) is 0.0204. The van der Waals surface area contributed by atoms with E-state index >= 15 is 0 Å². The Hall–Kier alpha value is -14.3. The first-order valence-corrected chi connectivity index (χ1v) is 26.9. The van der Waals surface area contributed by atoms with Gasteiger partial charge in [0, 0.05) is 36.7 Å². The Morgan fingerprint density at radius 2 is 0.840 bits per heavy atom. The van der Waals surface area contributed by atoms with Gasteiger partial charge < -0.3 is 79.6 Å². The monoisotopic (exact) mass is 1400 g/mol. The second-order valence-electron chi connectivity index (χ2n) is 17.4. The van der Waals surface area contributed by atoms with E-state index in [9.17, 15) is 68.7 Å². The number of ether oxygens (including phenoxy) is 10. The minimum Gasteiger partial charge on any atom is -0.497 e. The molecule has 5 amide bonds. The van der Waals surface area contributed by atoms with Crippen LogP contribution in [-0.4, -0.2) is 172 Å². The highest BCUT2D eigenvalue weighted by Gasteiger charge is 2.30. The number of carbonyl (C=O) groups excluding carboxylic acids is 9. The average molecular weight is 1400 g/mol. The van der Waals surface area contributed by atoms with Crippen LogP contribution in [0.25, 0.3) is 10.9 Å². The molecular formula is C59H63N13O28. The fraction of sp³-hybridized carbons (Fsp3) is 0.203. The number of benzene rings is 5. The van der Waals surface area contributed by atoms with Gasteiger partial charge >= 0.3 is 0 Å². The summed E-state index contributed by atoms with van der Waals surface area (Å²) in [5.41, 5.74) is 4.83. The standard InChI is InChI=1S/2C11H13N3O6.C10H10N2O2.C9H9NO5.C9H10O3.C8H4N2O2.CH3NO.HNO3/c2*1-19-7-3-8(14(17)18)10(9(4-7)20-2)11(12-5-15)13-6-16;1-13-8-3-4-9(14-2)10-7(8)5-11-6-12-10;1-14-6-3-8(10(12)13)7(5-11)9(4-6)15-2;1-11-8-4-3-7(6-10)9(5-8)12-2;11-6-1-2-7(12)8-5(6)3-9-4-10-8;2-1-3;2-1(3)4/h2*3-6,11H,1-2H3,(H,12,15)(H,13,16);3-6H,1-2H3;3-5H,1-2H3;3-6H,1-2H3;1-4H;1H,(H2,2,3);(H,2,3,4). The van der Waals surface area contributed by atoms with Gasteiger partial charge in [-0.3, -0.25) is 73.5 Å². The molecule has 0 spiro atoms. The number of carbonyl (C=O) groups is 9. The Morgan fingerprint density at radius 3 is 1.22 bits per heavy atom. The lowest BCUT2D eigenvalue weighted by Crippen LogP contribution is -2.33. The molecule has 8 rings (SSSR count). The normalized spacial score (nSPS) is 9.96. The number of hydrogen-bond donors (Lipinski definition) is 6. The average Bonchev–Trinajstić information content (AvgIpc) is 0.822. The number of methoxy groups -OCH3 is 10. The Balaban J connectivity index is 0.000000593. The fourth-order valence-corrected chi connectivity index (χ4v) is 7.79. The maximum atomic E-state index is 11.1. The molecule has 2 aromatic heterocycles. The molecular weight excluding hydrogens is 1340 g/mol. The number of nitrogens with two attached hydrogens (primary N) is 1. The molecule has 100 heavy (non-hydrogen) atoms. The van der Waals surface area contributed by atoms with Gasteiger partial charge in [-0.05, 0) is 36.4 Å². The Morgan fingerprint density at radius 1 is 0.460 bits per heavy atom. The first-order valence-electron chi connectivity index (χ1n) is 26.9. The van der Waals surface area contributed by atoms with Gasteiger partial charge in [-0.15, -0.1) is 10.1 Å². The third kappa shape index (κ3) is 25.2. The Labute approximate surface area is 564 Å². The summed E-state index contributed by atoms with van der Waals surface area (Å²) < 4.78 is 50.0. The van der Waals surface area contributed by atoms with Gasteiger partial charge in [0.05, 0.1) is 121 Å². The number of nitrogens with one attached hydrogen (secondary N) is 4. The van der Waals surface area contributed by atoms with Crippen molar-refractivity contribution in [3.8, 4) is 57.5 Å². The predicted octanol–water partition coefficient (Wildman–Crippen LogP) is 3.96. The maximum absolute atomic E-state index is 11.1. The summed E-state index contributed by atoms with van der Waals surface area (Å²) >= 11 is 0. The van der Waals surface area contributed by atoms with E-state index in [1.165, 1.54) is 117 Å². The summed E-state index contributed by atoms with van der Waals surface area (Å²) in [5.74, 6) is 3.25. The molecule has 0 saturated carbocycles. The molecule has 0 aliphatic heterocycles. The van der Waals surface area contributed by atoms with Crippen LogP contribution >= 0.6 is 0 Å². The lowest BCUT2D eigenvalue weighted by molar-refractivity contribution is -0.742. The smallest absolute Gasteiger partial charge is 0.291 e. The molecule has 1 aliphatic carbocycles. The van der Waals surface area contributed by atoms with Crippen molar-refractivity contribution in [2.75, 3.05) is 71.1 Å². The van der Waals surface area contributed by atoms with Crippen molar-refractivity contribution in [1.82, 2.24) is 41.2 Å². The molecule has 0 bridgehead atoms. The topological polar surface area (TPSA) is 564 Å². The van der Waals surface area contributed by atoms with E-state index in [-0.39, 0.29) is 97.5 Å². The number of ketones is 2. The van der Waals surface area contributed by atoms with Gasteiger partial charge in [0.25, 0.3) is 22.1 Å². The summed E-state index contributed by atoms with van der Waals surface area (Å²) in [6, 6.07) is 16.5. The largest absolute Gasteiger partial charge is 0.497 e. The van der Waals surface area contributed by atoms with Crippen LogP contribution in [0.15, 0.2) is 104 Å². The molecule has 7 N–H and O–H groups in total. The first kappa shape index (κ1) is 83.7. The van der Waals surface area contributed by atoms with Crippen LogP contribution in [0.3, 0.4) is 0 Å². The molecule has 0 atom stereocenters. The molecule has 0 saturated heterocycles. The number of hydrogen-bond acceptors (Lipinski definition) is 31. The molecule has 5 aromatic carbocycles. The van der Waals surface area contributed by atoms with Crippen molar-refractivity contribution >= 4 is 84.2 Å². The SMILES string of the molecule is COc1cc(OC)c(C(NC=O)NC=O)c([N+](=O)[O-])c1.COc1cc(OC)c(C(NC=O)NC=O)c([N+](=O)[O-])c1.COc1cc(OC)c(C=O)c([N+](=O)[O-])c1.COc1ccc(C=O)c(OC)c1.COc1ccc(OC)c2ncncc12.NC=O.O=C1C=CC(=O)c2ncncc21.O=[N+]([O-])O. The minimum absolute atomic E-state index is 0.0116. The lowest BCUT2D eigenvalue weighted by atomic mass is 10.0. The van der Waals surface area contributed by atoms with E-state index < -0.39 is 32.2 Å². The van der Waals surface area contributed by atoms with E-state index in [0.29, 0.717) is 49.0 Å². The predicted molar refractivity (Wildman–Crippen MR) is 343 cm³/mol. The summed E-state index contributed by atoms with van der Waals surface area (Å²) in [4.78, 5) is 149. The van der Waals surface area contributed by atoms with Gasteiger partial charge in [0.2, 0.25) is 37.8 Å². The van der Waals surface area contributed by atoms with Crippen LogP contribution in [0.2, 0.25) is 0 Å². The van der Waals surface area contributed by atoms with Crippen molar-refractivity contribution in [2.45, 2.75) is 12.3 Å². The van der Waals surface area contributed by atoms with Crippen molar-refractivity contribution in [2.24, 2.45) is 5.73 Å². The second kappa shape index (κ2) is 45.1. The number of nitrogens with zero attached hydrogens (tertiary/aromatic N) is 8. The Kier molecular flexibility index (Phi) is 37.7. The van der Waals surface area contributed by atoms with E-state index in [0.717, 1.165) is 28.7 Å². The van der Waals surface area contributed by atoms with Crippen LogP contribution in [0.4, 0.5) is 17.1 Å². The van der Waals surface area contributed by atoms with Gasteiger partial charge in [-0.2, -0.15) is 0 Å². The van der Waals surface area contributed by atoms with Gasteiger partial charge in [0.1, 0.15) is 110 Å². The van der Waals surface area contributed by atoms with E-state index in [1.54, 1.807) is 45.7 Å². The van der Waals surface area contributed by atoms with Crippen LogP contribution in [0.5, 0.6) is 57.5 Å². The number of nitro benzene ring substituents is 3. The van der Waals surface area contributed by atoms with Crippen molar-refractivity contribution in [3.05, 3.63) is 178 Å². The van der Waals surface area contributed by atoms with E-state index in [1.807, 2.05) is 12.1 Å². The van der Waals surface area contributed by atoms with Gasteiger partial charge in [-0.25, -0.2) is 19.9 Å². The third-order valence-electron chi connectivity index (χ3n) is 12.1. The highest BCUT2D eigenvalue weighted by Crippen LogP contribution is 2.39. The summed E-state index contributed by atoms with van der Waals surface area (Å²) in [6.07, 6.45) is 8.72. The zero-order valence-electron chi connectivity index (χ0n) is 54.1. The van der Waals surface area contributed by atoms with Crippen molar-refractivity contribution in [1.29, 1.82) is 0 Å². The van der Waals surface area contributed by atoms with Crippen LogP contribution < -0.4 is 74.4 Å². The van der Waals surface area contributed by atoms with Crippen molar-refractivity contribution in [3.63, 3.8) is 0 Å². The number of fused-ring (bicyclic) bond motifs is 2. The molecule has 1 aliphatic rings. The zero-order valence-corrected chi connectivity index (χ0v) is 54.1. The van der Waals surface area contributed by atoms with Crippen LogP contribution in [-0.2, 0) is 24.0 Å². The summed E-state index contributed by atoms with van der Waals surface area (Å²) in [5, 5.41) is 56.5. The van der Waals surface area contributed by atoms with Crippen molar-refractivity contribution < 1.29 is 116 Å². The zero-order chi connectivity index (χ0) is 75.4. The first-order chi connectivity index (χ1) is 47.9. The highest BCUT2D eigenvalue weighted by atomic mass is 16.9. The second-order valence-corrected chi connectivity index (χ2v) is 17.4. The molecule has 0 radical (unpaired) electrons. The minimum atomic E-state index is -1.50. The number of rotatable bonds is 25. The molecule has 41 heteroatoms. The number of amides is 5.